The van der Waals surface area contributed by atoms with Crippen LogP contribution in [0, 0.1) is 11.8 Å². The molecule has 25 heavy (non-hydrogen) atoms. The lowest BCUT2D eigenvalue weighted by Gasteiger charge is -2.17. The average molecular weight is 346 g/mol. The second kappa shape index (κ2) is 8.41. The lowest BCUT2D eigenvalue weighted by Crippen LogP contribution is -2.41. The van der Waals surface area contributed by atoms with Gasteiger partial charge in [0.1, 0.15) is 5.76 Å². The summed E-state index contributed by atoms with van der Waals surface area (Å²) in [5.74, 6) is 3.02. The Bertz CT molecular complexity index is 578. The standard InChI is InChI=1S/C19H30N4O2/c1-14(2)11-21-19(20-8-7-17-4-3-9-25-17)22-12-15-10-18(24)23(13-15)16-5-6-16/h3-4,9,14-16H,5-8,10-13H2,1-2H3,(H2,20,21,22). The second-order valence-electron chi connectivity index (χ2n) is 7.57. The molecule has 1 aliphatic carbocycles. The van der Waals surface area contributed by atoms with E-state index in [0.717, 1.165) is 44.3 Å². The fourth-order valence-corrected chi connectivity index (χ4v) is 3.13. The van der Waals surface area contributed by atoms with Gasteiger partial charge in [-0.3, -0.25) is 9.79 Å². The van der Waals surface area contributed by atoms with Gasteiger partial charge in [0.2, 0.25) is 5.91 Å². The Morgan fingerprint density at radius 3 is 2.92 bits per heavy atom. The molecule has 1 aliphatic heterocycles. The van der Waals surface area contributed by atoms with E-state index in [1.54, 1.807) is 6.26 Å². The quantitative estimate of drug-likeness (QED) is 0.558. The minimum atomic E-state index is 0.320. The van der Waals surface area contributed by atoms with Crippen molar-refractivity contribution in [1.29, 1.82) is 0 Å². The second-order valence-corrected chi connectivity index (χ2v) is 7.57. The molecule has 0 bridgehead atoms. The van der Waals surface area contributed by atoms with E-state index in [4.69, 9.17) is 4.42 Å². The summed E-state index contributed by atoms with van der Waals surface area (Å²) in [6.07, 6.45) is 5.55. The molecule has 2 aliphatic rings. The van der Waals surface area contributed by atoms with Gasteiger partial charge in [-0.05, 0) is 30.9 Å². The number of hydrogen-bond acceptors (Lipinski definition) is 3. The molecule has 1 aromatic heterocycles. The van der Waals surface area contributed by atoms with E-state index >= 15 is 0 Å². The normalized spacial score (nSPS) is 21.2. The summed E-state index contributed by atoms with van der Waals surface area (Å²) in [4.78, 5) is 18.8. The minimum Gasteiger partial charge on any atom is -0.469 e. The van der Waals surface area contributed by atoms with E-state index in [9.17, 15) is 4.79 Å². The maximum absolute atomic E-state index is 12.1. The van der Waals surface area contributed by atoms with Crippen molar-refractivity contribution in [1.82, 2.24) is 15.5 Å². The largest absolute Gasteiger partial charge is 0.469 e. The van der Waals surface area contributed by atoms with Crippen molar-refractivity contribution in [3.8, 4) is 0 Å². The van der Waals surface area contributed by atoms with E-state index < -0.39 is 0 Å². The third kappa shape index (κ3) is 5.51. The number of carbonyl (C=O) groups excluding carboxylic acids is 1. The molecule has 1 atom stereocenters. The zero-order valence-corrected chi connectivity index (χ0v) is 15.3. The molecule has 6 nitrogen and oxygen atoms in total. The van der Waals surface area contributed by atoms with Gasteiger partial charge in [0.15, 0.2) is 5.96 Å². The average Bonchev–Trinajstić information content (AvgIpc) is 3.15. The van der Waals surface area contributed by atoms with Crippen LogP contribution in [-0.4, -0.2) is 49.0 Å². The van der Waals surface area contributed by atoms with Crippen LogP contribution < -0.4 is 10.6 Å². The molecule has 0 spiro atoms. The van der Waals surface area contributed by atoms with Crippen molar-refractivity contribution in [2.75, 3.05) is 26.2 Å². The maximum atomic E-state index is 12.1. The topological polar surface area (TPSA) is 69.9 Å². The van der Waals surface area contributed by atoms with Crippen molar-refractivity contribution in [3.63, 3.8) is 0 Å². The van der Waals surface area contributed by atoms with Gasteiger partial charge in [0.05, 0.1) is 6.26 Å². The van der Waals surface area contributed by atoms with Crippen LogP contribution in [0.25, 0.3) is 0 Å². The molecule has 0 aromatic carbocycles. The monoisotopic (exact) mass is 346 g/mol. The van der Waals surface area contributed by atoms with Crippen LogP contribution in [0.4, 0.5) is 0 Å². The Balaban J connectivity index is 1.45. The molecule has 3 rings (SSSR count). The Hall–Kier alpha value is -1.98. The van der Waals surface area contributed by atoms with Gasteiger partial charge in [0.25, 0.3) is 0 Å². The summed E-state index contributed by atoms with van der Waals surface area (Å²) in [6.45, 7) is 7.56. The van der Waals surface area contributed by atoms with E-state index in [-0.39, 0.29) is 0 Å². The van der Waals surface area contributed by atoms with Crippen LogP contribution in [0.5, 0.6) is 0 Å². The Kier molecular flexibility index (Phi) is 6.00. The van der Waals surface area contributed by atoms with Gasteiger partial charge in [-0.15, -0.1) is 0 Å². The molecule has 2 fully saturated rings. The number of likely N-dealkylation sites (tertiary alicyclic amines) is 1. The van der Waals surface area contributed by atoms with Gasteiger partial charge < -0.3 is 20.0 Å². The molecule has 1 aromatic rings. The van der Waals surface area contributed by atoms with Crippen LogP contribution in [-0.2, 0) is 11.2 Å². The van der Waals surface area contributed by atoms with Crippen molar-refractivity contribution in [3.05, 3.63) is 24.2 Å². The number of aliphatic imine (C=N–C) groups is 1. The van der Waals surface area contributed by atoms with Gasteiger partial charge in [-0.1, -0.05) is 13.8 Å². The lowest BCUT2D eigenvalue weighted by atomic mass is 10.1. The molecule has 1 amide bonds. The Morgan fingerprint density at radius 1 is 1.40 bits per heavy atom. The zero-order valence-electron chi connectivity index (χ0n) is 15.3. The SMILES string of the molecule is CC(C)CN=C(NCCc1ccco1)NCC1CC(=O)N(C2CC2)C1. The van der Waals surface area contributed by atoms with Crippen molar-refractivity contribution in [2.24, 2.45) is 16.8 Å². The predicted molar refractivity (Wildman–Crippen MR) is 98.4 cm³/mol. The molecular formula is C19H30N4O2. The van der Waals surface area contributed by atoms with Gasteiger partial charge in [-0.2, -0.15) is 0 Å². The number of carbonyl (C=O) groups is 1. The molecule has 138 valence electrons. The summed E-state index contributed by atoms with van der Waals surface area (Å²) >= 11 is 0. The molecule has 1 saturated heterocycles. The fraction of sp³-hybridized carbons (Fsp3) is 0.684. The Labute approximate surface area is 150 Å². The molecular weight excluding hydrogens is 316 g/mol. The first-order chi connectivity index (χ1) is 12.1. The van der Waals surface area contributed by atoms with E-state index in [0.29, 0.717) is 30.2 Å². The Morgan fingerprint density at radius 2 is 2.24 bits per heavy atom. The highest BCUT2D eigenvalue weighted by atomic mass is 16.3. The summed E-state index contributed by atoms with van der Waals surface area (Å²) in [5, 5.41) is 6.80. The highest BCUT2D eigenvalue weighted by Crippen LogP contribution is 2.32. The van der Waals surface area contributed by atoms with Gasteiger partial charge in [0, 0.05) is 51.0 Å². The van der Waals surface area contributed by atoms with Crippen LogP contribution in [0.2, 0.25) is 0 Å². The first kappa shape index (κ1) is 17.8. The third-order valence-corrected chi connectivity index (χ3v) is 4.64. The molecule has 1 saturated carbocycles. The summed E-state index contributed by atoms with van der Waals surface area (Å²) in [6, 6.07) is 4.42. The zero-order chi connectivity index (χ0) is 17.6. The number of rotatable bonds is 8. The smallest absolute Gasteiger partial charge is 0.223 e. The number of nitrogens with zero attached hydrogens (tertiary/aromatic N) is 2. The fourth-order valence-electron chi connectivity index (χ4n) is 3.13. The number of furan rings is 1. The van der Waals surface area contributed by atoms with Crippen molar-refractivity contribution in [2.45, 2.75) is 45.6 Å². The number of amides is 1. The van der Waals surface area contributed by atoms with Crippen molar-refractivity contribution >= 4 is 11.9 Å². The number of hydrogen-bond donors (Lipinski definition) is 2. The summed E-state index contributed by atoms with van der Waals surface area (Å²) < 4.78 is 5.36. The molecule has 6 heteroatoms. The molecule has 1 unspecified atom stereocenters. The van der Waals surface area contributed by atoms with Crippen LogP contribution in [0.1, 0.15) is 38.9 Å². The highest BCUT2D eigenvalue weighted by Gasteiger charge is 2.39. The molecule has 2 heterocycles. The summed E-state index contributed by atoms with van der Waals surface area (Å²) in [7, 11) is 0. The van der Waals surface area contributed by atoms with Crippen LogP contribution in [0.15, 0.2) is 27.8 Å². The molecule has 0 radical (unpaired) electrons. The van der Waals surface area contributed by atoms with Crippen LogP contribution in [0.3, 0.4) is 0 Å². The van der Waals surface area contributed by atoms with Crippen LogP contribution >= 0.6 is 0 Å². The number of nitrogens with one attached hydrogen (secondary N) is 2. The van der Waals surface area contributed by atoms with Crippen molar-refractivity contribution < 1.29 is 9.21 Å². The maximum Gasteiger partial charge on any atom is 0.223 e. The van der Waals surface area contributed by atoms with E-state index in [1.165, 1.54) is 12.8 Å². The first-order valence-corrected chi connectivity index (χ1v) is 9.46. The first-order valence-electron chi connectivity index (χ1n) is 9.46. The third-order valence-electron chi connectivity index (χ3n) is 4.64. The number of guanidine groups is 1. The van der Waals surface area contributed by atoms with E-state index in [2.05, 4.69) is 34.4 Å². The van der Waals surface area contributed by atoms with Gasteiger partial charge >= 0.3 is 0 Å². The summed E-state index contributed by atoms with van der Waals surface area (Å²) in [5.41, 5.74) is 0. The minimum absolute atomic E-state index is 0.320. The highest BCUT2D eigenvalue weighted by molar-refractivity contribution is 5.81. The lowest BCUT2D eigenvalue weighted by molar-refractivity contribution is -0.128. The predicted octanol–water partition coefficient (Wildman–Crippen LogP) is 2.02. The van der Waals surface area contributed by atoms with E-state index in [1.807, 2.05) is 12.1 Å². The molecule has 2 N–H and O–H groups in total. The van der Waals surface area contributed by atoms with Gasteiger partial charge in [-0.25, -0.2) is 0 Å².